The number of carbonyl (C=O) groups excluding carboxylic acids is 1. The van der Waals surface area contributed by atoms with Gasteiger partial charge in [-0.25, -0.2) is 4.79 Å². The lowest BCUT2D eigenvalue weighted by molar-refractivity contribution is 0.107. The molecule has 0 aliphatic heterocycles. The Morgan fingerprint density at radius 1 is 1.50 bits per heavy atom. The maximum absolute atomic E-state index is 11.8. The van der Waals surface area contributed by atoms with Gasteiger partial charge in [0, 0.05) is 16.3 Å². The third-order valence-corrected chi connectivity index (χ3v) is 3.75. The van der Waals surface area contributed by atoms with Crippen LogP contribution in [0.1, 0.15) is 25.5 Å². The van der Waals surface area contributed by atoms with Crippen molar-refractivity contribution in [2.75, 3.05) is 0 Å². The van der Waals surface area contributed by atoms with Crippen molar-refractivity contribution in [2.45, 2.75) is 26.0 Å². The molecule has 0 bridgehead atoms. The predicted molar refractivity (Wildman–Crippen MR) is 93.3 cm³/mol. The molecule has 1 aromatic rings. The molecule has 0 fully saturated rings. The molecule has 1 rings (SSSR count). The van der Waals surface area contributed by atoms with Crippen molar-refractivity contribution in [3.8, 4) is 0 Å². The molecule has 4 nitrogen and oxygen atoms in total. The predicted octanol–water partition coefficient (Wildman–Crippen LogP) is 4.30. The van der Waals surface area contributed by atoms with Gasteiger partial charge >= 0.3 is 6.09 Å². The lowest BCUT2D eigenvalue weighted by atomic mass is 10.1. The van der Waals surface area contributed by atoms with Crippen LogP contribution in [0.15, 0.2) is 24.3 Å². The van der Waals surface area contributed by atoms with Crippen LogP contribution in [0.5, 0.6) is 0 Å². The Morgan fingerprint density at radius 3 is 2.60 bits per heavy atom. The number of nitrogens with one attached hydrogen (secondary N) is 2. The number of benzene rings is 1. The SMILES string of the molecule is CC(=N)C(NC(=O)O[C@H](C)c1ccccc1Cl)C(=S)I. The average molecular weight is 425 g/mol. The minimum absolute atomic E-state index is 0.256. The molecule has 1 aromatic carbocycles. The molecule has 0 heterocycles. The van der Waals surface area contributed by atoms with E-state index in [-0.39, 0.29) is 5.71 Å². The zero-order chi connectivity index (χ0) is 15.3. The monoisotopic (exact) mass is 424 g/mol. The molecule has 0 aliphatic carbocycles. The van der Waals surface area contributed by atoms with Crippen molar-refractivity contribution in [1.82, 2.24) is 5.32 Å². The van der Waals surface area contributed by atoms with E-state index in [9.17, 15) is 4.79 Å². The van der Waals surface area contributed by atoms with E-state index in [1.165, 1.54) is 0 Å². The van der Waals surface area contributed by atoms with E-state index < -0.39 is 18.2 Å². The summed E-state index contributed by atoms with van der Waals surface area (Å²) in [5, 5.41) is 10.7. The van der Waals surface area contributed by atoms with Crippen LogP contribution >= 0.6 is 46.4 Å². The number of halogens is 2. The Labute approximate surface area is 141 Å². The summed E-state index contributed by atoms with van der Waals surface area (Å²) in [6.07, 6.45) is -1.12. The van der Waals surface area contributed by atoms with E-state index in [0.29, 0.717) is 7.89 Å². The van der Waals surface area contributed by atoms with Gasteiger partial charge in [0.15, 0.2) is 0 Å². The first kappa shape index (κ1) is 17.3. The number of ether oxygens (including phenoxy) is 1. The molecule has 0 radical (unpaired) electrons. The van der Waals surface area contributed by atoms with Crippen LogP contribution in [0.25, 0.3) is 0 Å². The van der Waals surface area contributed by atoms with E-state index in [0.717, 1.165) is 5.56 Å². The number of thiocarbonyl (C=S) groups is 1. The topological polar surface area (TPSA) is 62.2 Å². The summed E-state index contributed by atoms with van der Waals surface area (Å²) in [4.78, 5) is 11.8. The third-order valence-electron chi connectivity index (χ3n) is 2.55. The molecule has 108 valence electrons. The Morgan fingerprint density at radius 2 is 2.10 bits per heavy atom. The second-order valence-electron chi connectivity index (χ2n) is 4.13. The fourth-order valence-corrected chi connectivity index (χ4v) is 2.66. The second kappa shape index (κ2) is 7.90. The van der Waals surface area contributed by atoms with Gasteiger partial charge in [-0.3, -0.25) is 0 Å². The van der Waals surface area contributed by atoms with E-state index in [1.807, 2.05) is 34.7 Å². The Balaban J connectivity index is 2.69. The van der Waals surface area contributed by atoms with Gasteiger partial charge in [0.1, 0.15) is 12.1 Å². The van der Waals surface area contributed by atoms with E-state index in [2.05, 4.69) is 5.32 Å². The van der Waals surface area contributed by atoms with Gasteiger partial charge in [0.2, 0.25) is 0 Å². The second-order valence-corrected chi connectivity index (χ2v) is 6.87. The number of rotatable bonds is 5. The van der Waals surface area contributed by atoms with Crippen LogP contribution in [0.2, 0.25) is 5.02 Å². The summed E-state index contributed by atoms with van der Waals surface area (Å²) in [5.41, 5.74) is 0.983. The highest BCUT2D eigenvalue weighted by molar-refractivity contribution is 14.1. The normalized spacial score (nSPS) is 13.2. The van der Waals surface area contributed by atoms with E-state index >= 15 is 0 Å². The molecule has 20 heavy (non-hydrogen) atoms. The summed E-state index contributed by atoms with van der Waals surface area (Å²) in [6.45, 7) is 3.31. The number of hydrogen-bond donors (Lipinski definition) is 2. The molecule has 7 heteroatoms. The van der Waals surface area contributed by atoms with Crippen molar-refractivity contribution in [3.63, 3.8) is 0 Å². The lowest BCUT2D eigenvalue weighted by Gasteiger charge is -2.19. The molecule has 0 aromatic heterocycles. The van der Waals surface area contributed by atoms with Crippen molar-refractivity contribution >= 4 is 61.1 Å². The highest BCUT2D eigenvalue weighted by Crippen LogP contribution is 2.24. The minimum atomic E-state index is -0.631. The van der Waals surface area contributed by atoms with Crippen LogP contribution in [0.4, 0.5) is 4.79 Å². The molecule has 2 atom stereocenters. The van der Waals surface area contributed by atoms with Crippen molar-refractivity contribution < 1.29 is 9.53 Å². The maximum Gasteiger partial charge on any atom is 0.408 e. The highest BCUT2D eigenvalue weighted by Gasteiger charge is 2.20. The first-order valence-electron chi connectivity index (χ1n) is 5.79. The van der Waals surface area contributed by atoms with Gasteiger partial charge in [-0.2, -0.15) is 0 Å². The fraction of sp³-hybridized carbons (Fsp3) is 0.308. The summed E-state index contributed by atoms with van der Waals surface area (Å²) in [7, 11) is 0. The van der Waals surface area contributed by atoms with Gasteiger partial charge in [-0.05, 0) is 42.5 Å². The quantitative estimate of drug-likeness (QED) is 0.321. The van der Waals surface area contributed by atoms with Crippen LogP contribution < -0.4 is 5.32 Å². The number of alkyl carbamates (subject to hydrolysis) is 1. The number of hydrogen-bond acceptors (Lipinski definition) is 4. The largest absolute Gasteiger partial charge is 0.442 e. The number of carbonyl (C=O) groups is 1. The van der Waals surface area contributed by atoms with Gasteiger partial charge < -0.3 is 15.5 Å². The van der Waals surface area contributed by atoms with Crippen LogP contribution in [-0.4, -0.2) is 20.7 Å². The van der Waals surface area contributed by atoms with E-state index in [1.54, 1.807) is 26.0 Å². The van der Waals surface area contributed by atoms with Gasteiger partial charge in [0.05, 0.1) is 2.87 Å². The van der Waals surface area contributed by atoms with Crippen LogP contribution in [0.3, 0.4) is 0 Å². The van der Waals surface area contributed by atoms with E-state index in [4.69, 9.17) is 34.0 Å². The van der Waals surface area contributed by atoms with Gasteiger partial charge in [0.25, 0.3) is 0 Å². The minimum Gasteiger partial charge on any atom is -0.442 e. The molecule has 0 saturated carbocycles. The smallest absolute Gasteiger partial charge is 0.408 e. The van der Waals surface area contributed by atoms with Crippen molar-refractivity contribution in [2.24, 2.45) is 0 Å². The number of amides is 1. The molecule has 0 aliphatic rings. The Bertz CT molecular complexity index is 525. The van der Waals surface area contributed by atoms with Gasteiger partial charge in [-0.15, -0.1) is 0 Å². The molecular weight excluding hydrogens is 411 g/mol. The lowest BCUT2D eigenvalue weighted by Crippen LogP contribution is -2.43. The Kier molecular flexibility index (Phi) is 6.84. The summed E-state index contributed by atoms with van der Waals surface area (Å²) in [6, 6.07) is 6.56. The highest BCUT2D eigenvalue weighted by atomic mass is 127. The zero-order valence-electron chi connectivity index (χ0n) is 10.9. The maximum atomic E-state index is 11.8. The average Bonchev–Trinajstić information content (AvgIpc) is 2.35. The molecule has 0 saturated heterocycles. The first-order valence-corrected chi connectivity index (χ1v) is 7.65. The van der Waals surface area contributed by atoms with Gasteiger partial charge in [-0.1, -0.05) is 42.0 Å². The van der Waals surface area contributed by atoms with Crippen molar-refractivity contribution in [1.29, 1.82) is 5.41 Å². The summed E-state index contributed by atoms with van der Waals surface area (Å²) < 4.78 is 5.74. The summed E-state index contributed by atoms with van der Waals surface area (Å²) >= 11 is 12.9. The molecule has 1 amide bonds. The molecule has 1 unspecified atom stereocenters. The van der Waals surface area contributed by atoms with Crippen LogP contribution in [-0.2, 0) is 4.74 Å². The molecular formula is C13H14ClIN2O2S. The third kappa shape index (κ3) is 4.99. The van der Waals surface area contributed by atoms with Crippen LogP contribution in [0, 0.1) is 5.41 Å². The summed E-state index contributed by atoms with van der Waals surface area (Å²) in [5.74, 6) is 0. The molecule has 2 N–H and O–H groups in total. The zero-order valence-corrected chi connectivity index (χ0v) is 14.7. The molecule has 0 spiro atoms. The standard InChI is InChI=1S/C13H14ClIN2O2S/c1-7(16)11(12(15)20)17-13(18)19-8(2)9-5-3-4-6-10(9)14/h3-6,8,11,16H,1-2H3,(H,17,18)/t8-,11?/m1/s1. The van der Waals surface area contributed by atoms with Crippen molar-refractivity contribution in [3.05, 3.63) is 34.9 Å². The Hall–Kier alpha value is -0.730. The fourth-order valence-electron chi connectivity index (χ4n) is 1.52. The first-order chi connectivity index (χ1) is 9.32.